The standard InChI is InChI=1S/C31H39N7O2/c1-4-5-12-25-20-38(29-21(2)11-7-6-8-13-26(29)22(3)39)31(40)37(25)19-24-17-16-23(18-32-24)27-14-9-10-15-28(27)30-33-35-36-34-30/h9-10,14-18,20-21,26,29H,4-8,11-13,19H2,1-3H3,(H,33,34,35,36). The summed E-state index contributed by atoms with van der Waals surface area (Å²) in [5.74, 6) is 0.852. The van der Waals surface area contributed by atoms with E-state index in [0.29, 0.717) is 12.4 Å². The Morgan fingerprint density at radius 2 is 1.88 bits per heavy atom. The first-order valence-electron chi connectivity index (χ1n) is 14.6. The minimum atomic E-state index is -0.125. The summed E-state index contributed by atoms with van der Waals surface area (Å²) in [6.45, 7) is 6.45. The predicted octanol–water partition coefficient (Wildman–Crippen LogP) is 5.63. The van der Waals surface area contributed by atoms with E-state index in [-0.39, 0.29) is 29.4 Å². The van der Waals surface area contributed by atoms with Gasteiger partial charge in [0.25, 0.3) is 0 Å². The molecule has 3 unspecified atom stereocenters. The number of pyridine rings is 1. The number of imidazole rings is 1. The second kappa shape index (κ2) is 12.5. The first-order valence-corrected chi connectivity index (χ1v) is 14.6. The number of ketones is 1. The maximum atomic E-state index is 14.0. The average molecular weight is 542 g/mol. The number of hydrogen-bond acceptors (Lipinski definition) is 6. The van der Waals surface area contributed by atoms with Crippen molar-refractivity contribution in [1.29, 1.82) is 0 Å². The van der Waals surface area contributed by atoms with E-state index in [4.69, 9.17) is 4.98 Å². The fourth-order valence-corrected chi connectivity index (χ4v) is 6.19. The molecule has 0 bridgehead atoms. The number of benzene rings is 1. The lowest BCUT2D eigenvalue weighted by atomic mass is 9.78. The van der Waals surface area contributed by atoms with E-state index in [1.165, 1.54) is 0 Å². The van der Waals surface area contributed by atoms with Crippen LogP contribution in [0.25, 0.3) is 22.5 Å². The second-order valence-corrected chi connectivity index (χ2v) is 11.1. The van der Waals surface area contributed by atoms with Crippen molar-refractivity contribution in [3.63, 3.8) is 0 Å². The van der Waals surface area contributed by atoms with Crippen LogP contribution >= 0.6 is 0 Å². The number of carbonyl (C=O) groups excluding carboxylic acids is 1. The van der Waals surface area contributed by atoms with Gasteiger partial charge in [-0.2, -0.15) is 5.21 Å². The molecule has 1 aliphatic carbocycles. The van der Waals surface area contributed by atoms with Crippen LogP contribution in [0.3, 0.4) is 0 Å². The summed E-state index contributed by atoms with van der Waals surface area (Å²) in [6, 6.07) is 11.8. The lowest BCUT2D eigenvalue weighted by Gasteiger charge is -2.33. The number of tetrazole rings is 1. The summed E-state index contributed by atoms with van der Waals surface area (Å²) in [4.78, 5) is 31.5. The van der Waals surface area contributed by atoms with Crippen molar-refractivity contribution in [2.75, 3.05) is 0 Å². The van der Waals surface area contributed by atoms with Crippen LogP contribution in [0.2, 0.25) is 0 Å². The molecule has 1 fully saturated rings. The molecule has 0 aliphatic heterocycles. The van der Waals surface area contributed by atoms with Crippen molar-refractivity contribution in [3.8, 4) is 22.5 Å². The number of aryl methyl sites for hydroxylation is 1. The molecule has 3 heterocycles. The highest BCUT2D eigenvalue weighted by Crippen LogP contribution is 2.36. The summed E-state index contributed by atoms with van der Waals surface area (Å²) < 4.78 is 3.76. The Bertz CT molecular complexity index is 1470. The summed E-state index contributed by atoms with van der Waals surface area (Å²) in [6.07, 6.45) is 12.0. The van der Waals surface area contributed by atoms with Crippen LogP contribution in [0, 0.1) is 11.8 Å². The predicted molar refractivity (Wildman–Crippen MR) is 155 cm³/mol. The highest BCUT2D eigenvalue weighted by atomic mass is 16.2. The molecule has 3 atom stereocenters. The molecular formula is C31H39N7O2. The molecule has 1 saturated carbocycles. The highest BCUT2D eigenvalue weighted by molar-refractivity contribution is 5.80. The Labute approximate surface area is 235 Å². The number of aromatic nitrogens is 7. The summed E-state index contributed by atoms with van der Waals surface area (Å²) in [7, 11) is 0. The van der Waals surface area contributed by atoms with Crippen LogP contribution in [-0.4, -0.2) is 40.5 Å². The maximum Gasteiger partial charge on any atom is 0.328 e. The summed E-state index contributed by atoms with van der Waals surface area (Å²) in [5, 5.41) is 14.5. The van der Waals surface area contributed by atoms with E-state index in [2.05, 4.69) is 34.5 Å². The number of unbranched alkanes of at least 4 members (excludes halogenated alkanes) is 1. The third kappa shape index (κ3) is 5.83. The van der Waals surface area contributed by atoms with Gasteiger partial charge in [-0.05, 0) is 55.4 Å². The smallest absolute Gasteiger partial charge is 0.300 e. The molecule has 1 aromatic carbocycles. The number of nitrogens with zero attached hydrogens (tertiary/aromatic N) is 6. The Morgan fingerprint density at radius 3 is 2.58 bits per heavy atom. The Kier molecular flexibility index (Phi) is 8.67. The van der Waals surface area contributed by atoms with Crippen LogP contribution in [0.15, 0.2) is 53.6 Å². The monoisotopic (exact) mass is 541 g/mol. The largest absolute Gasteiger partial charge is 0.328 e. The van der Waals surface area contributed by atoms with Crippen molar-refractivity contribution < 1.29 is 4.79 Å². The Balaban J connectivity index is 1.47. The number of rotatable bonds is 9. The molecule has 9 nitrogen and oxygen atoms in total. The van der Waals surface area contributed by atoms with Gasteiger partial charge < -0.3 is 0 Å². The van der Waals surface area contributed by atoms with Crippen molar-refractivity contribution in [3.05, 3.63) is 70.7 Å². The van der Waals surface area contributed by atoms with Crippen LogP contribution in [-0.2, 0) is 17.8 Å². The van der Waals surface area contributed by atoms with Crippen molar-refractivity contribution in [2.45, 2.75) is 84.7 Å². The van der Waals surface area contributed by atoms with Crippen LogP contribution < -0.4 is 5.69 Å². The minimum absolute atomic E-state index is 0.0388. The normalized spacial score (nSPS) is 19.7. The van der Waals surface area contributed by atoms with Gasteiger partial charge in [-0.15, -0.1) is 10.2 Å². The van der Waals surface area contributed by atoms with Crippen LogP contribution in [0.4, 0.5) is 0 Å². The number of H-pyrrole nitrogens is 1. The van der Waals surface area contributed by atoms with Gasteiger partial charge in [0.2, 0.25) is 5.82 Å². The molecule has 0 spiro atoms. The molecule has 0 saturated heterocycles. The summed E-state index contributed by atoms with van der Waals surface area (Å²) in [5.41, 5.74) is 4.55. The molecule has 40 heavy (non-hydrogen) atoms. The molecule has 1 aliphatic rings. The molecule has 5 rings (SSSR count). The lowest BCUT2D eigenvalue weighted by Crippen LogP contribution is -2.37. The number of carbonyl (C=O) groups is 1. The molecule has 0 amide bonds. The molecule has 3 aromatic heterocycles. The first kappa shape index (κ1) is 27.7. The van der Waals surface area contributed by atoms with Gasteiger partial charge in [-0.3, -0.25) is 18.9 Å². The van der Waals surface area contributed by atoms with E-state index < -0.39 is 0 Å². The van der Waals surface area contributed by atoms with E-state index in [9.17, 15) is 9.59 Å². The lowest BCUT2D eigenvalue weighted by molar-refractivity contribution is -0.123. The van der Waals surface area contributed by atoms with Crippen molar-refractivity contribution in [2.24, 2.45) is 11.8 Å². The highest BCUT2D eigenvalue weighted by Gasteiger charge is 2.34. The van der Waals surface area contributed by atoms with E-state index >= 15 is 0 Å². The zero-order valence-corrected chi connectivity index (χ0v) is 23.7. The molecule has 1 N–H and O–H groups in total. The maximum absolute atomic E-state index is 14.0. The molecule has 4 aromatic rings. The third-order valence-electron chi connectivity index (χ3n) is 8.36. The molecule has 0 radical (unpaired) electrons. The molecular weight excluding hydrogens is 502 g/mol. The fraction of sp³-hybridized carbons (Fsp3) is 0.484. The van der Waals surface area contributed by atoms with Gasteiger partial charge in [0.15, 0.2) is 0 Å². The summed E-state index contributed by atoms with van der Waals surface area (Å²) >= 11 is 0. The Hall–Kier alpha value is -3.88. The average Bonchev–Trinajstić information content (AvgIpc) is 3.59. The third-order valence-corrected chi connectivity index (χ3v) is 8.36. The topological polar surface area (TPSA) is 111 Å². The van der Waals surface area contributed by atoms with E-state index in [1.807, 2.05) is 57.9 Å². The number of nitrogens with one attached hydrogen (secondary N) is 1. The zero-order valence-electron chi connectivity index (χ0n) is 23.7. The fourth-order valence-electron chi connectivity index (χ4n) is 6.19. The van der Waals surface area contributed by atoms with Crippen LogP contribution in [0.1, 0.15) is 83.1 Å². The number of hydrogen-bond donors (Lipinski definition) is 1. The van der Waals surface area contributed by atoms with Crippen molar-refractivity contribution >= 4 is 5.78 Å². The number of Topliss-reactive ketones (excluding diaryl/α,β-unsaturated/α-hetero) is 1. The minimum Gasteiger partial charge on any atom is -0.300 e. The van der Waals surface area contributed by atoms with E-state index in [0.717, 1.165) is 79.4 Å². The Morgan fingerprint density at radius 1 is 1.07 bits per heavy atom. The van der Waals surface area contributed by atoms with E-state index in [1.54, 1.807) is 6.92 Å². The zero-order chi connectivity index (χ0) is 28.1. The quantitative estimate of drug-likeness (QED) is 0.294. The van der Waals surface area contributed by atoms with Crippen molar-refractivity contribution in [1.82, 2.24) is 34.7 Å². The first-order chi connectivity index (χ1) is 19.5. The van der Waals surface area contributed by atoms with Crippen LogP contribution in [0.5, 0.6) is 0 Å². The second-order valence-electron chi connectivity index (χ2n) is 11.1. The number of aromatic amines is 1. The van der Waals surface area contributed by atoms with Gasteiger partial charge in [0, 0.05) is 35.1 Å². The van der Waals surface area contributed by atoms with Gasteiger partial charge in [0.05, 0.1) is 18.3 Å². The molecule has 210 valence electrons. The van der Waals surface area contributed by atoms with Gasteiger partial charge in [-0.1, -0.05) is 69.9 Å². The van der Waals surface area contributed by atoms with Gasteiger partial charge >= 0.3 is 5.69 Å². The van der Waals surface area contributed by atoms with Gasteiger partial charge in [-0.25, -0.2) is 4.79 Å². The molecule has 9 heteroatoms. The SMILES string of the molecule is CCCCc1cn(C2C(C)CCCCCC2C(C)=O)c(=O)n1Cc1ccc(-c2ccccc2-c2nn[nH]n2)cn1. The van der Waals surface area contributed by atoms with Gasteiger partial charge in [0.1, 0.15) is 5.78 Å².